The van der Waals surface area contributed by atoms with Crippen LogP contribution in [0.1, 0.15) is 30.9 Å². The highest BCUT2D eigenvalue weighted by Crippen LogP contribution is 2.39. The number of H-pyrrole nitrogens is 1. The van der Waals surface area contributed by atoms with E-state index in [0.29, 0.717) is 17.8 Å². The monoisotopic (exact) mass is 313 g/mol. The largest absolute Gasteiger partial charge is 0.354 e. The number of nitrogens with zero attached hydrogens (tertiary/aromatic N) is 4. The van der Waals surface area contributed by atoms with Gasteiger partial charge in [-0.05, 0) is 44.8 Å². The Hall–Kier alpha value is -2.15. The van der Waals surface area contributed by atoms with E-state index in [1.165, 1.54) is 31.5 Å². The molecule has 0 amide bonds. The lowest BCUT2D eigenvalue weighted by molar-refractivity contribution is 0.399. The molecule has 2 aliphatic rings. The molecule has 3 heterocycles. The molecule has 1 atom stereocenters. The van der Waals surface area contributed by atoms with E-state index >= 15 is 0 Å². The summed E-state index contributed by atoms with van der Waals surface area (Å²) >= 11 is 0. The first-order valence-corrected chi connectivity index (χ1v) is 8.34. The van der Waals surface area contributed by atoms with Gasteiger partial charge in [-0.1, -0.05) is 0 Å². The zero-order chi connectivity index (χ0) is 15.6. The molecule has 4 rings (SSSR count). The third-order valence-electron chi connectivity index (χ3n) is 4.56. The average molecular weight is 313 g/mol. The van der Waals surface area contributed by atoms with E-state index in [2.05, 4.69) is 48.8 Å². The predicted octanol–water partition coefficient (Wildman–Crippen LogP) is 2.18. The van der Waals surface area contributed by atoms with Crippen molar-refractivity contribution < 1.29 is 0 Å². The van der Waals surface area contributed by atoms with Crippen molar-refractivity contribution >= 4 is 17.6 Å². The van der Waals surface area contributed by atoms with Crippen molar-refractivity contribution in [1.29, 1.82) is 0 Å². The van der Waals surface area contributed by atoms with Gasteiger partial charge in [0.1, 0.15) is 5.82 Å². The zero-order valence-corrected chi connectivity index (χ0v) is 13.4. The summed E-state index contributed by atoms with van der Waals surface area (Å²) in [5.74, 6) is 3.59. The second-order valence-electron chi connectivity index (χ2n) is 6.67. The van der Waals surface area contributed by atoms with Crippen LogP contribution >= 0.6 is 0 Å². The lowest BCUT2D eigenvalue weighted by Gasteiger charge is -2.12. The Labute approximate surface area is 135 Å². The quantitative estimate of drug-likeness (QED) is 0.758. The Morgan fingerprint density at radius 1 is 1.30 bits per heavy atom. The molecule has 23 heavy (non-hydrogen) atoms. The summed E-state index contributed by atoms with van der Waals surface area (Å²) in [6.07, 6.45) is 5.53. The zero-order valence-electron chi connectivity index (χ0n) is 13.4. The molecule has 1 saturated carbocycles. The van der Waals surface area contributed by atoms with Gasteiger partial charge >= 0.3 is 0 Å². The van der Waals surface area contributed by atoms with E-state index in [9.17, 15) is 0 Å². The van der Waals surface area contributed by atoms with E-state index in [4.69, 9.17) is 0 Å². The lowest BCUT2D eigenvalue weighted by atomic mass is 10.1. The first-order valence-electron chi connectivity index (χ1n) is 8.34. The minimum atomic E-state index is 0.669. The summed E-state index contributed by atoms with van der Waals surface area (Å²) in [6, 6.07) is 3.93. The molecule has 2 aromatic rings. The Balaban J connectivity index is 1.35. The van der Waals surface area contributed by atoms with Crippen LogP contribution in [0.4, 0.5) is 17.6 Å². The molecule has 0 spiro atoms. The minimum absolute atomic E-state index is 0.669. The van der Waals surface area contributed by atoms with Crippen molar-refractivity contribution in [3.8, 4) is 0 Å². The van der Waals surface area contributed by atoms with Gasteiger partial charge in [0, 0.05) is 37.0 Å². The van der Waals surface area contributed by atoms with Crippen molar-refractivity contribution in [1.82, 2.24) is 25.1 Å². The smallest absolute Gasteiger partial charge is 0.224 e. The average Bonchev–Trinajstić information content (AvgIpc) is 3.16. The Kier molecular flexibility index (Phi) is 3.87. The summed E-state index contributed by atoms with van der Waals surface area (Å²) < 4.78 is 0. The molecule has 122 valence electrons. The first kappa shape index (κ1) is 14.4. The molecular formula is C16H23N7. The summed E-state index contributed by atoms with van der Waals surface area (Å²) in [7, 11) is 2.17. The van der Waals surface area contributed by atoms with Crippen LogP contribution in [0.25, 0.3) is 0 Å². The standard InChI is InChI=1S/C16H23N7/c1-23-7-5-11(10-23)9-18-16-17-6-4-14(20-16)19-15-8-13(21-22-15)12-2-3-12/h4,6,8,11-12H,2-3,5,7,9-10H2,1H3,(H3,17,18,19,20,21,22)/t11-/m0/s1. The molecule has 0 bridgehead atoms. The second-order valence-corrected chi connectivity index (χ2v) is 6.67. The summed E-state index contributed by atoms with van der Waals surface area (Å²) in [6.45, 7) is 3.24. The summed E-state index contributed by atoms with van der Waals surface area (Å²) in [4.78, 5) is 11.2. The number of hydrogen-bond acceptors (Lipinski definition) is 6. The van der Waals surface area contributed by atoms with Gasteiger partial charge in [-0.2, -0.15) is 10.1 Å². The van der Waals surface area contributed by atoms with Gasteiger partial charge in [0.25, 0.3) is 0 Å². The van der Waals surface area contributed by atoms with Gasteiger partial charge in [0.05, 0.1) is 0 Å². The van der Waals surface area contributed by atoms with Crippen LogP contribution in [0.5, 0.6) is 0 Å². The third-order valence-corrected chi connectivity index (χ3v) is 4.56. The fourth-order valence-electron chi connectivity index (χ4n) is 3.08. The second kappa shape index (κ2) is 6.16. The molecule has 1 aliphatic heterocycles. The SMILES string of the molecule is CN1CC[C@@H](CNc2nccc(Nc3cc(C4CC4)[nH]n3)n2)C1. The Morgan fingerprint density at radius 2 is 2.22 bits per heavy atom. The topological polar surface area (TPSA) is 81.8 Å². The molecule has 1 aliphatic carbocycles. The number of anilines is 3. The number of likely N-dealkylation sites (tertiary alicyclic amines) is 1. The summed E-state index contributed by atoms with van der Waals surface area (Å²) in [5.41, 5.74) is 1.21. The van der Waals surface area contributed by atoms with E-state index in [0.717, 1.165) is 24.7 Å². The van der Waals surface area contributed by atoms with Crippen molar-refractivity contribution in [2.75, 3.05) is 37.3 Å². The molecule has 7 heteroatoms. The predicted molar refractivity (Wildman–Crippen MR) is 90.0 cm³/mol. The normalized spacial score (nSPS) is 21.5. The molecular weight excluding hydrogens is 290 g/mol. The van der Waals surface area contributed by atoms with Gasteiger partial charge in [0.15, 0.2) is 5.82 Å². The highest BCUT2D eigenvalue weighted by atomic mass is 15.2. The number of rotatable bonds is 6. The van der Waals surface area contributed by atoms with Crippen molar-refractivity contribution in [2.45, 2.75) is 25.2 Å². The molecule has 0 radical (unpaired) electrons. The molecule has 7 nitrogen and oxygen atoms in total. The molecule has 0 aromatic carbocycles. The van der Waals surface area contributed by atoms with Crippen LogP contribution in [0.2, 0.25) is 0 Å². The van der Waals surface area contributed by atoms with E-state index in [-0.39, 0.29) is 0 Å². The summed E-state index contributed by atoms with van der Waals surface area (Å²) in [5, 5.41) is 14.0. The number of aromatic amines is 1. The van der Waals surface area contributed by atoms with Gasteiger partial charge < -0.3 is 15.5 Å². The first-order chi connectivity index (χ1) is 11.3. The Bertz CT molecular complexity index is 664. The highest BCUT2D eigenvalue weighted by molar-refractivity contribution is 5.53. The molecule has 0 unspecified atom stereocenters. The van der Waals surface area contributed by atoms with E-state index in [1.54, 1.807) is 6.20 Å². The van der Waals surface area contributed by atoms with Crippen molar-refractivity contribution in [3.05, 3.63) is 24.0 Å². The maximum Gasteiger partial charge on any atom is 0.224 e. The van der Waals surface area contributed by atoms with Crippen LogP contribution in [0.3, 0.4) is 0 Å². The van der Waals surface area contributed by atoms with Crippen molar-refractivity contribution in [2.24, 2.45) is 5.92 Å². The third kappa shape index (κ3) is 3.61. The van der Waals surface area contributed by atoms with Gasteiger partial charge in [-0.3, -0.25) is 5.10 Å². The fourth-order valence-corrected chi connectivity index (χ4v) is 3.08. The number of aromatic nitrogens is 4. The van der Waals surface area contributed by atoms with E-state index < -0.39 is 0 Å². The maximum atomic E-state index is 4.52. The lowest BCUT2D eigenvalue weighted by Crippen LogP contribution is -2.19. The molecule has 2 fully saturated rings. The van der Waals surface area contributed by atoms with Crippen LogP contribution in [-0.4, -0.2) is 51.7 Å². The van der Waals surface area contributed by atoms with E-state index in [1.807, 2.05) is 6.07 Å². The van der Waals surface area contributed by atoms with Crippen LogP contribution < -0.4 is 10.6 Å². The van der Waals surface area contributed by atoms with Gasteiger partial charge in [-0.15, -0.1) is 0 Å². The Morgan fingerprint density at radius 3 is 3.00 bits per heavy atom. The van der Waals surface area contributed by atoms with Crippen LogP contribution in [0.15, 0.2) is 18.3 Å². The molecule has 1 saturated heterocycles. The maximum absolute atomic E-state index is 4.52. The highest BCUT2D eigenvalue weighted by Gasteiger charge is 2.25. The van der Waals surface area contributed by atoms with Crippen LogP contribution in [-0.2, 0) is 0 Å². The van der Waals surface area contributed by atoms with Gasteiger partial charge in [0.2, 0.25) is 5.95 Å². The minimum Gasteiger partial charge on any atom is -0.354 e. The molecule has 2 aromatic heterocycles. The fraction of sp³-hybridized carbons (Fsp3) is 0.562. The van der Waals surface area contributed by atoms with Crippen molar-refractivity contribution in [3.63, 3.8) is 0 Å². The van der Waals surface area contributed by atoms with Gasteiger partial charge in [-0.25, -0.2) is 4.98 Å². The van der Waals surface area contributed by atoms with Crippen LogP contribution in [0, 0.1) is 5.92 Å². The number of nitrogens with one attached hydrogen (secondary N) is 3. The number of hydrogen-bond donors (Lipinski definition) is 3. The molecule has 3 N–H and O–H groups in total.